The third-order valence-corrected chi connectivity index (χ3v) is 6.11. The van der Waals surface area contributed by atoms with Crippen LogP contribution in [0, 0.1) is 5.92 Å². The molecule has 1 spiro atoms. The molecule has 148 valence electrons. The Labute approximate surface area is 160 Å². The smallest absolute Gasteiger partial charge is 0.257 e. The van der Waals surface area contributed by atoms with E-state index in [4.69, 9.17) is 18.9 Å². The van der Waals surface area contributed by atoms with E-state index >= 15 is 0 Å². The molecule has 0 bridgehead atoms. The summed E-state index contributed by atoms with van der Waals surface area (Å²) in [4.78, 5) is 15.0. The fourth-order valence-corrected chi connectivity index (χ4v) is 4.62. The lowest BCUT2D eigenvalue weighted by atomic mass is 9.78. The molecule has 0 N–H and O–H groups in total. The van der Waals surface area contributed by atoms with E-state index in [1.807, 2.05) is 30.0 Å². The van der Waals surface area contributed by atoms with Gasteiger partial charge in [-0.25, -0.2) is 0 Å². The van der Waals surface area contributed by atoms with Crippen molar-refractivity contribution in [1.29, 1.82) is 0 Å². The van der Waals surface area contributed by atoms with Crippen molar-refractivity contribution < 1.29 is 23.7 Å². The molecular formula is C21H29NO5. The fourth-order valence-electron chi connectivity index (χ4n) is 4.62. The summed E-state index contributed by atoms with van der Waals surface area (Å²) < 4.78 is 23.1. The van der Waals surface area contributed by atoms with Crippen molar-refractivity contribution in [3.63, 3.8) is 0 Å². The minimum absolute atomic E-state index is 0.0241. The second-order valence-electron chi connectivity index (χ2n) is 7.51. The zero-order valence-electron chi connectivity index (χ0n) is 16.1. The van der Waals surface area contributed by atoms with Crippen molar-refractivity contribution >= 4 is 5.91 Å². The van der Waals surface area contributed by atoms with Crippen molar-refractivity contribution in [3.05, 3.63) is 23.8 Å². The van der Waals surface area contributed by atoms with Crippen LogP contribution in [0.2, 0.25) is 0 Å². The molecule has 3 heterocycles. The van der Waals surface area contributed by atoms with Gasteiger partial charge >= 0.3 is 0 Å². The summed E-state index contributed by atoms with van der Waals surface area (Å²) in [5, 5.41) is 0. The second kappa shape index (κ2) is 8.07. The number of benzene rings is 1. The first-order chi connectivity index (χ1) is 13.2. The Morgan fingerprint density at radius 1 is 1.22 bits per heavy atom. The number of hydrogen-bond donors (Lipinski definition) is 0. The Morgan fingerprint density at radius 2 is 2.04 bits per heavy atom. The van der Waals surface area contributed by atoms with E-state index in [1.165, 1.54) is 0 Å². The normalized spacial score (nSPS) is 23.6. The predicted molar refractivity (Wildman–Crippen MR) is 100 cm³/mol. The van der Waals surface area contributed by atoms with Crippen LogP contribution >= 0.6 is 0 Å². The van der Waals surface area contributed by atoms with Gasteiger partial charge in [0.2, 0.25) is 0 Å². The summed E-state index contributed by atoms with van der Waals surface area (Å²) in [5.41, 5.74) is 0.521. The average molecular weight is 375 g/mol. The van der Waals surface area contributed by atoms with Crippen LogP contribution in [0.1, 0.15) is 43.0 Å². The molecule has 0 aromatic heterocycles. The molecule has 6 nitrogen and oxygen atoms in total. The zero-order valence-corrected chi connectivity index (χ0v) is 16.1. The standard InChI is InChI=1S/C21H29NO5/c1-2-24-12-6-16-7-13-27-21(16)8-10-22(11-9-21)20(23)17-4-3-5-18-19(17)26-15-14-25-18/h3-5,16H,2,6-15H2,1H3/t16-/m0/s1. The second-order valence-corrected chi connectivity index (χ2v) is 7.51. The van der Waals surface area contributed by atoms with Gasteiger partial charge in [0.05, 0.1) is 11.2 Å². The molecule has 1 amide bonds. The molecule has 6 heteroatoms. The summed E-state index contributed by atoms with van der Waals surface area (Å²) in [5.74, 6) is 1.80. The predicted octanol–water partition coefficient (Wildman–Crippen LogP) is 2.90. The largest absolute Gasteiger partial charge is 0.486 e. The minimum atomic E-state index is -0.0798. The zero-order chi connectivity index (χ0) is 18.7. The summed E-state index contributed by atoms with van der Waals surface area (Å²) in [6.45, 7) is 6.85. The highest BCUT2D eigenvalue weighted by atomic mass is 16.6. The van der Waals surface area contributed by atoms with Gasteiger partial charge in [0.1, 0.15) is 13.2 Å². The quantitative estimate of drug-likeness (QED) is 0.741. The minimum Gasteiger partial charge on any atom is -0.486 e. The van der Waals surface area contributed by atoms with Crippen LogP contribution in [0.5, 0.6) is 11.5 Å². The first-order valence-corrected chi connectivity index (χ1v) is 10.1. The number of para-hydroxylation sites is 1. The maximum Gasteiger partial charge on any atom is 0.257 e. The van der Waals surface area contributed by atoms with Crippen LogP contribution in [-0.2, 0) is 9.47 Å². The number of likely N-dealkylation sites (tertiary alicyclic amines) is 1. The molecule has 3 aliphatic heterocycles. The Hall–Kier alpha value is -1.79. The fraction of sp³-hybridized carbons (Fsp3) is 0.667. The Kier molecular flexibility index (Phi) is 5.55. The van der Waals surface area contributed by atoms with Crippen molar-refractivity contribution in [1.82, 2.24) is 4.90 Å². The first-order valence-electron chi connectivity index (χ1n) is 10.1. The molecule has 2 saturated heterocycles. The molecule has 1 atom stereocenters. The van der Waals surface area contributed by atoms with Gasteiger partial charge in [0.25, 0.3) is 5.91 Å². The first kappa shape index (κ1) is 18.6. The number of piperidine rings is 1. The highest BCUT2D eigenvalue weighted by Crippen LogP contribution is 2.43. The van der Waals surface area contributed by atoms with E-state index in [9.17, 15) is 4.79 Å². The molecule has 27 heavy (non-hydrogen) atoms. The average Bonchev–Trinajstić information content (AvgIpc) is 3.10. The molecule has 0 radical (unpaired) electrons. The Bertz CT molecular complexity index is 669. The van der Waals surface area contributed by atoms with Gasteiger partial charge in [-0.2, -0.15) is 0 Å². The molecule has 1 aromatic rings. The number of fused-ring (bicyclic) bond motifs is 1. The van der Waals surface area contributed by atoms with Gasteiger partial charge in [-0.3, -0.25) is 4.79 Å². The lowest BCUT2D eigenvalue weighted by Crippen LogP contribution is -2.49. The molecule has 0 saturated carbocycles. The molecule has 4 rings (SSSR count). The third kappa shape index (κ3) is 3.65. The molecule has 2 fully saturated rings. The SMILES string of the molecule is CCOCC[C@H]1CCOC12CCN(C(=O)c1cccc3c1OCCO3)CC2. The van der Waals surface area contributed by atoms with E-state index < -0.39 is 0 Å². The Morgan fingerprint density at radius 3 is 2.85 bits per heavy atom. The number of nitrogens with zero attached hydrogens (tertiary/aromatic N) is 1. The molecule has 1 aromatic carbocycles. The van der Waals surface area contributed by atoms with E-state index in [-0.39, 0.29) is 11.5 Å². The summed E-state index contributed by atoms with van der Waals surface area (Å²) >= 11 is 0. The van der Waals surface area contributed by atoms with Gasteiger partial charge in [-0.1, -0.05) is 6.07 Å². The topological polar surface area (TPSA) is 57.2 Å². The van der Waals surface area contributed by atoms with Gasteiger partial charge in [0, 0.05) is 32.9 Å². The van der Waals surface area contributed by atoms with Gasteiger partial charge < -0.3 is 23.8 Å². The van der Waals surface area contributed by atoms with Crippen molar-refractivity contribution in [2.75, 3.05) is 46.1 Å². The van der Waals surface area contributed by atoms with Crippen molar-refractivity contribution in [2.24, 2.45) is 5.92 Å². The maximum atomic E-state index is 13.1. The number of amides is 1. The van der Waals surface area contributed by atoms with E-state index in [0.717, 1.165) is 45.5 Å². The number of carbonyl (C=O) groups excluding carboxylic acids is 1. The molecule has 0 unspecified atom stereocenters. The lowest BCUT2D eigenvalue weighted by Gasteiger charge is -2.42. The van der Waals surface area contributed by atoms with Crippen molar-refractivity contribution in [2.45, 2.75) is 38.2 Å². The highest BCUT2D eigenvalue weighted by Gasteiger charge is 2.46. The summed E-state index contributed by atoms with van der Waals surface area (Å²) in [6, 6.07) is 5.54. The van der Waals surface area contributed by atoms with Crippen LogP contribution in [0.25, 0.3) is 0 Å². The van der Waals surface area contributed by atoms with E-state index in [1.54, 1.807) is 0 Å². The molecular weight excluding hydrogens is 346 g/mol. The number of hydrogen-bond acceptors (Lipinski definition) is 5. The number of rotatable bonds is 5. The van der Waals surface area contributed by atoms with E-state index in [2.05, 4.69) is 0 Å². The van der Waals surface area contributed by atoms with Crippen LogP contribution < -0.4 is 9.47 Å². The van der Waals surface area contributed by atoms with Crippen LogP contribution in [0.15, 0.2) is 18.2 Å². The molecule has 3 aliphatic rings. The summed E-state index contributed by atoms with van der Waals surface area (Å²) in [7, 11) is 0. The van der Waals surface area contributed by atoms with Crippen molar-refractivity contribution in [3.8, 4) is 11.5 Å². The number of carbonyl (C=O) groups is 1. The monoisotopic (exact) mass is 375 g/mol. The third-order valence-electron chi connectivity index (χ3n) is 6.11. The number of ether oxygens (including phenoxy) is 4. The van der Waals surface area contributed by atoms with Gasteiger partial charge in [-0.15, -0.1) is 0 Å². The maximum absolute atomic E-state index is 13.1. The van der Waals surface area contributed by atoms with Gasteiger partial charge in [-0.05, 0) is 50.7 Å². The van der Waals surface area contributed by atoms with Crippen LogP contribution in [-0.4, -0.2) is 62.5 Å². The summed E-state index contributed by atoms with van der Waals surface area (Å²) in [6.07, 6.45) is 3.92. The van der Waals surface area contributed by atoms with Gasteiger partial charge in [0.15, 0.2) is 11.5 Å². The van der Waals surface area contributed by atoms with Crippen LogP contribution in [0.4, 0.5) is 0 Å². The highest BCUT2D eigenvalue weighted by molar-refractivity contribution is 5.98. The van der Waals surface area contributed by atoms with Crippen LogP contribution in [0.3, 0.4) is 0 Å². The Balaban J connectivity index is 1.41. The molecule has 0 aliphatic carbocycles. The van der Waals surface area contributed by atoms with E-state index in [0.29, 0.717) is 49.3 Å². The lowest BCUT2D eigenvalue weighted by molar-refractivity contribution is -0.0669.